The highest BCUT2D eigenvalue weighted by Crippen LogP contribution is 2.53. The Morgan fingerprint density at radius 1 is 0.971 bits per heavy atom. The maximum Gasteiger partial charge on any atom is 0.249 e. The van der Waals surface area contributed by atoms with Crippen LogP contribution in [0.5, 0.6) is 0 Å². The molecule has 5 atom stereocenters. The van der Waals surface area contributed by atoms with E-state index in [1.165, 1.54) is 16.2 Å². The molecule has 170 valence electrons. The van der Waals surface area contributed by atoms with E-state index in [1.54, 1.807) is 0 Å². The van der Waals surface area contributed by atoms with Gasteiger partial charge in [0.1, 0.15) is 6.04 Å². The predicted octanol–water partition coefficient (Wildman–Crippen LogP) is 4.17. The molecule has 2 heterocycles. The highest BCUT2D eigenvalue weighted by molar-refractivity contribution is 7.14. The summed E-state index contributed by atoms with van der Waals surface area (Å²) >= 11 is 1.33. The molecule has 2 aromatic carbocycles. The van der Waals surface area contributed by atoms with E-state index in [-0.39, 0.29) is 47.8 Å². The number of aromatic nitrogens is 1. The van der Waals surface area contributed by atoms with Gasteiger partial charge in [-0.05, 0) is 23.8 Å². The third-order valence-electron chi connectivity index (χ3n) is 7.19. The molecule has 3 aliphatic rings. The quantitative estimate of drug-likeness (QED) is 0.434. The lowest BCUT2D eigenvalue weighted by Crippen LogP contribution is -2.49. The Kier molecular flexibility index (Phi) is 5.14. The molecule has 2 bridgehead atoms. The molecular weight excluding hydrogens is 446 g/mol. The number of amides is 3. The summed E-state index contributed by atoms with van der Waals surface area (Å²) in [6.45, 7) is 0. The van der Waals surface area contributed by atoms with E-state index in [2.05, 4.69) is 22.5 Å². The van der Waals surface area contributed by atoms with Crippen LogP contribution in [0.15, 0.2) is 78.2 Å². The highest BCUT2D eigenvalue weighted by atomic mass is 32.1. The third-order valence-corrected chi connectivity index (χ3v) is 7.95. The first-order chi connectivity index (χ1) is 16.6. The van der Waals surface area contributed by atoms with E-state index in [0.717, 1.165) is 23.2 Å². The molecule has 1 aliphatic heterocycles. The average Bonchev–Trinajstić information content (AvgIpc) is 3.64. The molecule has 0 spiro atoms. The molecule has 34 heavy (non-hydrogen) atoms. The number of fused-ring (bicyclic) bond motifs is 5. The van der Waals surface area contributed by atoms with Gasteiger partial charge in [-0.25, -0.2) is 4.98 Å². The van der Waals surface area contributed by atoms with Crippen LogP contribution in [0.3, 0.4) is 0 Å². The van der Waals surface area contributed by atoms with Crippen molar-refractivity contribution in [3.8, 4) is 11.3 Å². The lowest BCUT2D eigenvalue weighted by atomic mass is 9.85. The van der Waals surface area contributed by atoms with Crippen LogP contribution in [0.1, 0.15) is 12.0 Å². The van der Waals surface area contributed by atoms with E-state index >= 15 is 0 Å². The van der Waals surface area contributed by atoms with Crippen molar-refractivity contribution in [2.45, 2.75) is 18.9 Å². The molecule has 3 aromatic rings. The van der Waals surface area contributed by atoms with E-state index in [9.17, 15) is 14.4 Å². The van der Waals surface area contributed by atoms with Crippen LogP contribution in [0, 0.1) is 23.7 Å². The second kappa shape index (κ2) is 8.33. The molecule has 1 aromatic heterocycles. The van der Waals surface area contributed by atoms with Gasteiger partial charge >= 0.3 is 0 Å². The monoisotopic (exact) mass is 469 g/mol. The molecule has 1 saturated carbocycles. The summed E-state index contributed by atoms with van der Waals surface area (Å²) in [5, 5.41) is 5.21. The minimum Gasteiger partial charge on any atom is -0.300 e. The molecule has 2 aliphatic carbocycles. The molecule has 0 radical (unpaired) electrons. The number of thiazole rings is 1. The fraction of sp³-hybridized carbons (Fsp3) is 0.259. The first-order valence-electron chi connectivity index (χ1n) is 11.5. The summed E-state index contributed by atoms with van der Waals surface area (Å²) in [7, 11) is 0. The molecule has 1 N–H and O–H groups in total. The van der Waals surface area contributed by atoms with Gasteiger partial charge in [-0.2, -0.15) is 0 Å². The topological polar surface area (TPSA) is 79.4 Å². The van der Waals surface area contributed by atoms with Gasteiger partial charge in [-0.1, -0.05) is 72.8 Å². The normalized spacial score (nSPS) is 25.6. The summed E-state index contributed by atoms with van der Waals surface area (Å²) in [5.74, 6) is -1.29. The van der Waals surface area contributed by atoms with Crippen molar-refractivity contribution < 1.29 is 14.4 Å². The summed E-state index contributed by atoms with van der Waals surface area (Å²) in [4.78, 5) is 46.2. The fourth-order valence-electron chi connectivity index (χ4n) is 5.63. The summed E-state index contributed by atoms with van der Waals surface area (Å²) in [6.07, 6.45) is 5.25. The van der Waals surface area contributed by atoms with Crippen molar-refractivity contribution >= 4 is 34.2 Å². The van der Waals surface area contributed by atoms with Crippen molar-refractivity contribution in [2.24, 2.45) is 23.7 Å². The number of carbonyl (C=O) groups is 3. The minimum atomic E-state index is -0.920. The van der Waals surface area contributed by atoms with E-state index in [0.29, 0.717) is 5.13 Å². The zero-order valence-corrected chi connectivity index (χ0v) is 19.2. The van der Waals surface area contributed by atoms with Crippen LogP contribution in [0.2, 0.25) is 0 Å². The second-order valence-corrected chi connectivity index (χ2v) is 10.0. The van der Waals surface area contributed by atoms with Crippen molar-refractivity contribution in [3.63, 3.8) is 0 Å². The van der Waals surface area contributed by atoms with Crippen molar-refractivity contribution in [2.75, 3.05) is 5.32 Å². The second-order valence-electron chi connectivity index (χ2n) is 9.15. The zero-order chi connectivity index (χ0) is 23.2. The number of nitrogens with one attached hydrogen (secondary N) is 1. The number of likely N-dealkylation sites (tertiary alicyclic amines) is 1. The number of allylic oxidation sites excluding steroid dienone is 2. The number of imide groups is 1. The number of hydrogen-bond donors (Lipinski definition) is 1. The highest BCUT2D eigenvalue weighted by Gasteiger charge is 2.61. The maximum atomic E-state index is 13.5. The lowest BCUT2D eigenvalue weighted by Gasteiger charge is -2.26. The maximum absolute atomic E-state index is 13.5. The summed E-state index contributed by atoms with van der Waals surface area (Å²) in [5.41, 5.74) is 2.62. The van der Waals surface area contributed by atoms with Gasteiger partial charge in [-0.15, -0.1) is 11.3 Å². The number of hydrogen-bond acceptors (Lipinski definition) is 5. The largest absolute Gasteiger partial charge is 0.300 e. The Hall–Kier alpha value is -3.58. The lowest BCUT2D eigenvalue weighted by molar-refractivity contribution is -0.147. The van der Waals surface area contributed by atoms with Crippen LogP contribution >= 0.6 is 11.3 Å². The van der Waals surface area contributed by atoms with Gasteiger partial charge in [0.15, 0.2) is 5.13 Å². The fourth-order valence-corrected chi connectivity index (χ4v) is 6.36. The molecule has 6 nitrogen and oxygen atoms in total. The van der Waals surface area contributed by atoms with Crippen molar-refractivity contribution in [3.05, 3.63) is 83.8 Å². The standard InChI is InChI=1S/C27H23N3O3S/c31-24(29-27-28-20(15-34-27)17-9-5-2-6-10-17)21(13-16-7-3-1-4-8-16)30-25(32)22-18-11-12-19(14-18)23(22)26(30)33/h1-12,15,18-19,21-23H,13-14H2,(H,28,29,31)/t18-,19-,21-,22-,23+/m0/s1. The first-order valence-corrected chi connectivity index (χ1v) is 12.4. The number of rotatable bonds is 6. The number of carbonyl (C=O) groups excluding carboxylic acids is 3. The Labute approximate surface area is 201 Å². The number of benzene rings is 2. The smallest absolute Gasteiger partial charge is 0.249 e. The van der Waals surface area contributed by atoms with Gasteiger partial charge in [-0.3, -0.25) is 19.3 Å². The zero-order valence-electron chi connectivity index (χ0n) is 18.3. The van der Waals surface area contributed by atoms with E-state index in [4.69, 9.17) is 0 Å². The first kappa shape index (κ1) is 21.0. The van der Waals surface area contributed by atoms with Crippen LogP contribution in [0.4, 0.5) is 5.13 Å². The Bertz CT molecular complexity index is 1260. The van der Waals surface area contributed by atoms with Gasteiger partial charge in [0.2, 0.25) is 17.7 Å². The van der Waals surface area contributed by atoms with Gasteiger partial charge in [0.05, 0.1) is 17.5 Å². The van der Waals surface area contributed by atoms with Crippen molar-refractivity contribution in [1.82, 2.24) is 9.88 Å². The summed E-state index contributed by atoms with van der Waals surface area (Å²) < 4.78 is 0. The van der Waals surface area contributed by atoms with Gasteiger partial charge in [0, 0.05) is 17.4 Å². The Balaban J connectivity index is 1.28. The average molecular weight is 470 g/mol. The van der Waals surface area contributed by atoms with Crippen LogP contribution in [-0.2, 0) is 20.8 Å². The molecule has 7 heteroatoms. The summed E-state index contributed by atoms with van der Waals surface area (Å²) in [6, 6.07) is 18.3. The molecule has 3 amide bonds. The van der Waals surface area contributed by atoms with Gasteiger partial charge in [0.25, 0.3) is 0 Å². The minimum absolute atomic E-state index is 0.101. The molecule has 6 rings (SSSR count). The molecular formula is C27H23N3O3S. The van der Waals surface area contributed by atoms with Gasteiger partial charge < -0.3 is 5.32 Å². The van der Waals surface area contributed by atoms with Crippen LogP contribution in [0.25, 0.3) is 11.3 Å². The van der Waals surface area contributed by atoms with Crippen LogP contribution in [-0.4, -0.2) is 33.6 Å². The molecule has 0 unspecified atom stereocenters. The van der Waals surface area contributed by atoms with E-state index in [1.807, 2.05) is 66.0 Å². The number of anilines is 1. The SMILES string of the molecule is O=C(Nc1nc(-c2ccccc2)cs1)[C@H](Cc1ccccc1)N1C(=O)[C@@H]2[C@H](C1=O)[C@H]1C=C[C@H]2C1. The predicted molar refractivity (Wildman–Crippen MR) is 130 cm³/mol. The third kappa shape index (κ3) is 3.47. The Morgan fingerprint density at radius 3 is 2.24 bits per heavy atom. The van der Waals surface area contributed by atoms with Crippen molar-refractivity contribution in [1.29, 1.82) is 0 Å². The number of nitrogens with zero attached hydrogens (tertiary/aromatic N) is 2. The van der Waals surface area contributed by atoms with Crippen LogP contribution < -0.4 is 5.32 Å². The van der Waals surface area contributed by atoms with E-state index < -0.39 is 6.04 Å². The Morgan fingerprint density at radius 2 is 1.59 bits per heavy atom. The molecule has 2 fully saturated rings. The molecule has 1 saturated heterocycles.